The Morgan fingerprint density at radius 2 is 1.58 bits per heavy atom. The van der Waals surface area contributed by atoms with Crippen molar-refractivity contribution in [1.29, 1.82) is 0 Å². The molecule has 26 heavy (non-hydrogen) atoms. The second-order valence-electron chi connectivity index (χ2n) is 6.79. The zero-order valence-corrected chi connectivity index (χ0v) is 17.5. The number of thioether (sulfide) groups is 1. The van der Waals surface area contributed by atoms with Crippen LogP contribution < -0.4 is 0 Å². The van der Waals surface area contributed by atoms with Crippen LogP contribution in [0, 0.1) is 0 Å². The summed E-state index contributed by atoms with van der Waals surface area (Å²) in [6, 6.07) is 19.3. The summed E-state index contributed by atoms with van der Waals surface area (Å²) in [6.07, 6.45) is -1.23. The number of methoxy groups -OCH3 is 1. The minimum Gasteiger partial charge on any atom is -0.404 e. The number of ether oxygens (including phenoxy) is 2. The maximum absolute atomic E-state index is 13.1. The van der Waals surface area contributed by atoms with Gasteiger partial charge in [0.2, 0.25) is 5.12 Å². The predicted molar refractivity (Wildman–Crippen MR) is 108 cm³/mol. The number of hydrogen-bond acceptors (Lipinski definition) is 5. The maximum Gasteiger partial charge on any atom is 0.224 e. The average Bonchev–Trinajstić information content (AvgIpc) is 2.62. The first-order valence-electron chi connectivity index (χ1n) is 8.51. The van der Waals surface area contributed by atoms with Crippen molar-refractivity contribution in [3.8, 4) is 0 Å². The van der Waals surface area contributed by atoms with Gasteiger partial charge in [-0.2, -0.15) is 0 Å². The van der Waals surface area contributed by atoms with Gasteiger partial charge in [0.05, 0.1) is 0 Å². The molecule has 0 unspecified atom stereocenters. The van der Waals surface area contributed by atoms with Crippen molar-refractivity contribution in [3.63, 3.8) is 0 Å². The van der Waals surface area contributed by atoms with Crippen LogP contribution in [0.3, 0.4) is 0 Å². The van der Waals surface area contributed by atoms with Crippen LogP contribution in [-0.4, -0.2) is 33.4 Å². The van der Waals surface area contributed by atoms with E-state index in [0.717, 1.165) is 10.5 Å². The van der Waals surface area contributed by atoms with Crippen LogP contribution in [-0.2, 0) is 18.7 Å². The van der Waals surface area contributed by atoms with Gasteiger partial charge in [-0.1, -0.05) is 48.5 Å². The van der Waals surface area contributed by atoms with Crippen molar-refractivity contribution in [2.75, 3.05) is 13.9 Å². The van der Waals surface area contributed by atoms with Crippen LogP contribution in [0.2, 0.25) is 19.6 Å². The third kappa shape index (κ3) is 6.70. The van der Waals surface area contributed by atoms with E-state index in [0.29, 0.717) is 0 Å². The summed E-state index contributed by atoms with van der Waals surface area (Å²) < 4.78 is 17.2. The van der Waals surface area contributed by atoms with Gasteiger partial charge in [-0.15, -0.1) is 0 Å². The molecule has 4 nitrogen and oxygen atoms in total. The molecule has 0 aliphatic rings. The first-order valence-corrected chi connectivity index (χ1v) is 12.7. The number of carbonyl (C=O) groups excluding carboxylic acids is 1. The fraction of sp³-hybridized carbons (Fsp3) is 0.350. The smallest absolute Gasteiger partial charge is 0.224 e. The third-order valence-electron chi connectivity index (χ3n) is 3.44. The van der Waals surface area contributed by atoms with Gasteiger partial charge in [-0.25, -0.2) is 0 Å². The molecular formula is C20H26O4SSi. The SMILES string of the molecule is COCO[C@@H](c1ccccc1)[C@@H](O[Si](C)(C)C)C(=O)Sc1ccccc1. The van der Waals surface area contributed by atoms with Crippen molar-refractivity contribution < 1.29 is 18.7 Å². The lowest BCUT2D eigenvalue weighted by Crippen LogP contribution is -2.40. The topological polar surface area (TPSA) is 44.8 Å². The summed E-state index contributed by atoms with van der Waals surface area (Å²) in [5.41, 5.74) is 0.898. The first-order chi connectivity index (χ1) is 12.4. The Balaban J connectivity index is 2.31. The normalized spacial score (nSPS) is 14.0. The monoisotopic (exact) mass is 390 g/mol. The van der Waals surface area contributed by atoms with Crippen LogP contribution in [0.1, 0.15) is 11.7 Å². The molecule has 0 saturated heterocycles. The highest BCUT2D eigenvalue weighted by Crippen LogP contribution is 2.32. The van der Waals surface area contributed by atoms with E-state index in [-0.39, 0.29) is 11.9 Å². The Morgan fingerprint density at radius 3 is 2.12 bits per heavy atom. The molecule has 0 amide bonds. The van der Waals surface area contributed by atoms with Gasteiger partial charge in [0.1, 0.15) is 19.0 Å². The Morgan fingerprint density at radius 1 is 1.00 bits per heavy atom. The molecule has 0 fully saturated rings. The zero-order valence-electron chi connectivity index (χ0n) is 15.7. The van der Waals surface area contributed by atoms with E-state index in [4.69, 9.17) is 13.9 Å². The lowest BCUT2D eigenvalue weighted by molar-refractivity contribution is -0.136. The molecular weight excluding hydrogens is 364 g/mol. The molecule has 2 aromatic carbocycles. The molecule has 0 N–H and O–H groups in total. The summed E-state index contributed by atoms with van der Waals surface area (Å²) >= 11 is 1.19. The Bertz CT molecular complexity index is 673. The highest BCUT2D eigenvalue weighted by atomic mass is 32.2. The molecule has 2 atom stereocenters. The summed E-state index contributed by atoms with van der Waals surface area (Å²) in [5.74, 6) is 0. The molecule has 0 radical (unpaired) electrons. The Labute approximate surface area is 161 Å². The maximum atomic E-state index is 13.1. The van der Waals surface area contributed by atoms with Crippen LogP contribution in [0.25, 0.3) is 0 Å². The first kappa shape index (κ1) is 20.9. The van der Waals surface area contributed by atoms with Crippen LogP contribution in [0.5, 0.6) is 0 Å². The molecule has 0 saturated carbocycles. The van der Waals surface area contributed by atoms with E-state index >= 15 is 0 Å². The van der Waals surface area contributed by atoms with Crippen molar-refractivity contribution in [1.82, 2.24) is 0 Å². The van der Waals surface area contributed by atoms with E-state index < -0.39 is 20.5 Å². The second kappa shape index (κ2) is 10.0. The van der Waals surface area contributed by atoms with Crippen molar-refractivity contribution in [3.05, 3.63) is 66.2 Å². The van der Waals surface area contributed by atoms with Gasteiger partial charge in [0.25, 0.3) is 0 Å². The van der Waals surface area contributed by atoms with Gasteiger partial charge in [0, 0.05) is 12.0 Å². The highest BCUT2D eigenvalue weighted by Gasteiger charge is 2.35. The summed E-state index contributed by atoms with van der Waals surface area (Å²) in [5, 5.41) is -0.0661. The standard InChI is InChI=1S/C20H26O4SSi/c1-22-15-23-18(16-11-7-5-8-12-16)19(24-26(2,3)4)20(21)25-17-13-9-6-10-14-17/h5-14,18-19H,15H2,1-4H3/t18-,19+/m0/s1. The fourth-order valence-electron chi connectivity index (χ4n) is 2.42. The van der Waals surface area contributed by atoms with Crippen LogP contribution in [0.15, 0.2) is 65.6 Å². The molecule has 6 heteroatoms. The van der Waals surface area contributed by atoms with Crippen LogP contribution >= 0.6 is 11.8 Å². The van der Waals surface area contributed by atoms with E-state index in [2.05, 4.69) is 19.6 Å². The van der Waals surface area contributed by atoms with E-state index in [9.17, 15) is 4.79 Å². The molecule has 0 spiro atoms. The molecule has 0 aliphatic heterocycles. The van der Waals surface area contributed by atoms with Gasteiger partial charge >= 0.3 is 0 Å². The zero-order chi connectivity index (χ0) is 19.0. The highest BCUT2D eigenvalue weighted by molar-refractivity contribution is 8.13. The number of benzene rings is 2. The van der Waals surface area contributed by atoms with E-state index in [1.165, 1.54) is 11.8 Å². The quantitative estimate of drug-likeness (QED) is 0.347. The van der Waals surface area contributed by atoms with Crippen molar-refractivity contribution in [2.45, 2.75) is 36.7 Å². The van der Waals surface area contributed by atoms with Crippen molar-refractivity contribution >= 4 is 25.2 Å². The van der Waals surface area contributed by atoms with E-state index in [1.54, 1.807) is 7.11 Å². The number of rotatable bonds is 9. The molecule has 2 aromatic rings. The number of hydrogen-bond donors (Lipinski definition) is 0. The second-order valence-corrected chi connectivity index (χ2v) is 12.3. The Hall–Kier alpha value is -1.44. The summed E-state index contributed by atoms with van der Waals surface area (Å²) in [6.45, 7) is 6.30. The van der Waals surface area contributed by atoms with E-state index in [1.807, 2.05) is 60.7 Å². The largest absolute Gasteiger partial charge is 0.404 e. The minimum atomic E-state index is -1.99. The van der Waals surface area contributed by atoms with Gasteiger partial charge < -0.3 is 13.9 Å². The molecule has 2 rings (SSSR count). The van der Waals surface area contributed by atoms with Crippen molar-refractivity contribution in [2.24, 2.45) is 0 Å². The summed E-state index contributed by atoms with van der Waals surface area (Å²) in [4.78, 5) is 14.0. The van der Waals surface area contributed by atoms with Gasteiger partial charge in [-0.3, -0.25) is 4.79 Å². The predicted octanol–water partition coefficient (Wildman–Crippen LogP) is 4.89. The molecule has 0 aliphatic carbocycles. The molecule has 0 bridgehead atoms. The summed E-state index contributed by atoms with van der Waals surface area (Å²) in [7, 11) is -0.424. The molecule has 140 valence electrons. The minimum absolute atomic E-state index is 0.0661. The lowest BCUT2D eigenvalue weighted by Gasteiger charge is -2.31. The van der Waals surface area contributed by atoms with Gasteiger partial charge in [0.15, 0.2) is 8.32 Å². The average molecular weight is 391 g/mol. The Kier molecular flexibility index (Phi) is 8.05. The van der Waals surface area contributed by atoms with Gasteiger partial charge in [-0.05, 0) is 49.1 Å². The molecule has 0 heterocycles. The van der Waals surface area contributed by atoms with Crippen LogP contribution in [0.4, 0.5) is 0 Å². The third-order valence-corrected chi connectivity index (χ3v) is 5.35. The molecule has 0 aromatic heterocycles. The number of carbonyl (C=O) groups is 1. The lowest BCUT2D eigenvalue weighted by atomic mass is 10.1. The fourth-order valence-corrected chi connectivity index (χ4v) is 4.31.